The van der Waals surface area contributed by atoms with Gasteiger partial charge in [-0.3, -0.25) is 9.59 Å². The third-order valence-electron chi connectivity index (χ3n) is 4.00. The van der Waals surface area contributed by atoms with Crippen LogP contribution in [0.1, 0.15) is 6.42 Å². The van der Waals surface area contributed by atoms with Crippen LogP contribution >= 0.6 is 15.9 Å². The van der Waals surface area contributed by atoms with Crippen molar-refractivity contribution in [2.45, 2.75) is 6.42 Å². The molecule has 2 aromatic carbocycles. The largest absolute Gasteiger partial charge is 0.495 e. The fourth-order valence-electron chi connectivity index (χ4n) is 2.77. The highest BCUT2D eigenvalue weighted by Gasteiger charge is 2.36. The van der Waals surface area contributed by atoms with Crippen LogP contribution in [0.5, 0.6) is 5.75 Å². The van der Waals surface area contributed by atoms with Crippen LogP contribution in [0.4, 0.5) is 11.4 Å². The molecule has 5 nitrogen and oxygen atoms in total. The number of para-hydroxylation sites is 3. The third kappa shape index (κ3) is 3.28. The molecule has 6 heteroatoms. The summed E-state index contributed by atoms with van der Waals surface area (Å²) in [4.78, 5) is 26.5. The van der Waals surface area contributed by atoms with E-state index in [9.17, 15) is 9.59 Å². The number of carbonyl (C=O) groups is 2. The van der Waals surface area contributed by atoms with Crippen LogP contribution in [0.2, 0.25) is 0 Å². The maximum atomic E-state index is 12.5. The molecule has 0 spiro atoms. The number of hydrogen-bond donors (Lipinski definition) is 1. The number of ether oxygens (including phenoxy) is 1. The fourth-order valence-corrected chi connectivity index (χ4v) is 3.15. The van der Waals surface area contributed by atoms with Crippen LogP contribution in [0.3, 0.4) is 0 Å². The van der Waals surface area contributed by atoms with E-state index in [1.807, 2.05) is 42.5 Å². The lowest BCUT2D eigenvalue weighted by atomic mass is 10.1. The van der Waals surface area contributed by atoms with Crippen molar-refractivity contribution in [2.75, 3.05) is 23.9 Å². The van der Waals surface area contributed by atoms with E-state index in [4.69, 9.17) is 4.74 Å². The minimum atomic E-state index is -0.394. The van der Waals surface area contributed by atoms with Gasteiger partial charge in [0.2, 0.25) is 11.8 Å². The zero-order valence-electron chi connectivity index (χ0n) is 13.2. The van der Waals surface area contributed by atoms with Crippen LogP contribution in [-0.2, 0) is 9.59 Å². The zero-order valence-corrected chi connectivity index (χ0v) is 14.7. The maximum absolute atomic E-state index is 12.5. The minimum absolute atomic E-state index is 0.0771. The predicted octanol–water partition coefficient (Wildman–Crippen LogP) is 3.45. The van der Waals surface area contributed by atoms with Gasteiger partial charge in [-0.25, -0.2) is 0 Å². The van der Waals surface area contributed by atoms with Crippen molar-refractivity contribution in [3.05, 3.63) is 53.0 Å². The fraction of sp³-hybridized carbons (Fsp3) is 0.222. The number of carbonyl (C=O) groups excluding carboxylic acids is 2. The Balaban J connectivity index is 1.75. The summed E-state index contributed by atoms with van der Waals surface area (Å²) >= 11 is 3.40. The van der Waals surface area contributed by atoms with Crippen molar-refractivity contribution in [1.29, 1.82) is 0 Å². The number of benzene rings is 2. The van der Waals surface area contributed by atoms with E-state index in [0.717, 1.165) is 4.47 Å². The first kappa shape index (κ1) is 16.5. The average molecular weight is 389 g/mol. The highest BCUT2D eigenvalue weighted by molar-refractivity contribution is 9.10. The molecule has 24 heavy (non-hydrogen) atoms. The Bertz CT molecular complexity index is 778. The molecule has 124 valence electrons. The summed E-state index contributed by atoms with van der Waals surface area (Å²) in [6.45, 7) is 0.343. The zero-order chi connectivity index (χ0) is 17.1. The first-order valence-electron chi connectivity index (χ1n) is 7.59. The van der Waals surface area contributed by atoms with Gasteiger partial charge in [0.25, 0.3) is 0 Å². The molecule has 1 N–H and O–H groups in total. The summed E-state index contributed by atoms with van der Waals surface area (Å²) in [5, 5.41) is 2.88. The number of halogens is 1. The molecule has 2 aromatic rings. The van der Waals surface area contributed by atoms with Gasteiger partial charge in [0.05, 0.1) is 24.4 Å². The molecule has 0 radical (unpaired) electrons. The molecule has 1 atom stereocenters. The summed E-state index contributed by atoms with van der Waals surface area (Å²) < 4.78 is 6.12. The Labute approximate surface area is 148 Å². The van der Waals surface area contributed by atoms with Crippen LogP contribution < -0.4 is 15.0 Å². The molecule has 1 saturated heterocycles. The quantitative estimate of drug-likeness (QED) is 0.872. The smallest absolute Gasteiger partial charge is 0.229 e. The Morgan fingerprint density at radius 3 is 2.67 bits per heavy atom. The highest BCUT2D eigenvalue weighted by atomic mass is 79.9. The number of nitrogens with one attached hydrogen (secondary N) is 1. The van der Waals surface area contributed by atoms with Gasteiger partial charge in [-0.1, -0.05) is 24.3 Å². The lowest BCUT2D eigenvalue weighted by Gasteiger charge is -2.19. The first-order chi connectivity index (χ1) is 11.6. The normalized spacial score (nSPS) is 17.0. The van der Waals surface area contributed by atoms with Crippen molar-refractivity contribution in [3.8, 4) is 5.75 Å². The highest BCUT2D eigenvalue weighted by Crippen LogP contribution is 2.33. The minimum Gasteiger partial charge on any atom is -0.495 e. The lowest BCUT2D eigenvalue weighted by Crippen LogP contribution is -2.28. The molecule has 1 heterocycles. The van der Waals surface area contributed by atoms with Crippen LogP contribution in [0.25, 0.3) is 0 Å². The molecule has 0 saturated carbocycles. The van der Waals surface area contributed by atoms with E-state index in [2.05, 4.69) is 21.2 Å². The Morgan fingerprint density at radius 1 is 1.21 bits per heavy atom. The number of amides is 2. The number of methoxy groups -OCH3 is 1. The number of rotatable bonds is 4. The topological polar surface area (TPSA) is 58.6 Å². The molecule has 1 aliphatic heterocycles. The molecular formula is C18H17BrN2O3. The van der Waals surface area contributed by atoms with Crippen LogP contribution in [-0.4, -0.2) is 25.5 Å². The molecular weight excluding hydrogens is 372 g/mol. The van der Waals surface area contributed by atoms with Crippen molar-refractivity contribution in [1.82, 2.24) is 0 Å². The van der Waals surface area contributed by atoms with Gasteiger partial charge in [-0.15, -0.1) is 0 Å². The predicted molar refractivity (Wildman–Crippen MR) is 96.2 cm³/mol. The van der Waals surface area contributed by atoms with Crippen LogP contribution in [0, 0.1) is 5.92 Å². The molecule has 0 aliphatic carbocycles. The molecule has 1 aliphatic rings. The number of nitrogens with zero attached hydrogens (tertiary/aromatic N) is 1. The Hall–Kier alpha value is -2.34. The number of anilines is 2. The van der Waals surface area contributed by atoms with Gasteiger partial charge in [0.1, 0.15) is 5.75 Å². The van der Waals surface area contributed by atoms with E-state index in [1.54, 1.807) is 18.1 Å². The van der Waals surface area contributed by atoms with Crippen molar-refractivity contribution in [2.24, 2.45) is 5.92 Å². The van der Waals surface area contributed by atoms with E-state index >= 15 is 0 Å². The van der Waals surface area contributed by atoms with E-state index in [-0.39, 0.29) is 18.2 Å². The van der Waals surface area contributed by atoms with Crippen LogP contribution in [0.15, 0.2) is 53.0 Å². The molecule has 0 aromatic heterocycles. The van der Waals surface area contributed by atoms with Gasteiger partial charge in [-0.05, 0) is 40.2 Å². The molecule has 1 unspecified atom stereocenters. The maximum Gasteiger partial charge on any atom is 0.229 e. The Morgan fingerprint density at radius 2 is 1.92 bits per heavy atom. The molecule has 3 rings (SSSR count). The monoisotopic (exact) mass is 388 g/mol. The molecule has 1 fully saturated rings. The summed E-state index contributed by atoms with van der Waals surface area (Å²) in [5.74, 6) is -0.00773. The van der Waals surface area contributed by atoms with E-state index in [1.165, 1.54) is 0 Å². The average Bonchev–Trinajstić information content (AvgIpc) is 2.98. The summed E-state index contributed by atoms with van der Waals surface area (Å²) in [6, 6.07) is 14.7. The first-order valence-corrected chi connectivity index (χ1v) is 8.38. The molecule has 2 amide bonds. The van der Waals surface area contributed by atoms with Gasteiger partial charge in [0.15, 0.2) is 0 Å². The lowest BCUT2D eigenvalue weighted by molar-refractivity contribution is -0.122. The second-order valence-electron chi connectivity index (χ2n) is 5.55. The SMILES string of the molecule is COc1ccccc1N1CC(C(=O)Nc2ccccc2Br)CC1=O. The summed E-state index contributed by atoms with van der Waals surface area (Å²) in [5.41, 5.74) is 1.40. The molecule has 0 bridgehead atoms. The van der Waals surface area contributed by atoms with Gasteiger partial charge in [-0.2, -0.15) is 0 Å². The second-order valence-corrected chi connectivity index (χ2v) is 6.40. The Kier molecular flexibility index (Phi) is 4.85. The summed E-state index contributed by atoms with van der Waals surface area (Å²) in [7, 11) is 1.57. The van der Waals surface area contributed by atoms with Gasteiger partial charge in [0, 0.05) is 17.4 Å². The van der Waals surface area contributed by atoms with E-state index < -0.39 is 5.92 Å². The van der Waals surface area contributed by atoms with Gasteiger partial charge >= 0.3 is 0 Å². The van der Waals surface area contributed by atoms with E-state index in [0.29, 0.717) is 23.7 Å². The third-order valence-corrected chi connectivity index (χ3v) is 4.70. The second kappa shape index (κ2) is 7.05. The standard InChI is InChI=1S/C18H17BrN2O3/c1-24-16-9-5-4-8-15(16)21-11-12(10-17(21)22)18(23)20-14-7-3-2-6-13(14)19/h2-9,12H,10-11H2,1H3,(H,20,23). The van der Waals surface area contributed by atoms with Crippen molar-refractivity contribution < 1.29 is 14.3 Å². The number of hydrogen-bond acceptors (Lipinski definition) is 3. The van der Waals surface area contributed by atoms with Crippen molar-refractivity contribution in [3.63, 3.8) is 0 Å². The van der Waals surface area contributed by atoms with Gasteiger partial charge < -0.3 is 15.0 Å². The summed E-state index contributed by atoms with van der Waals surface area (Å²) in [6.07, 6.45) is 0.189. The van der Waals surface area contributed by atoms with Crippen molar-refractivity contribution >= 4 is 39.1 Å².